The second-order valence-corrected chi connectivity index (χ2v) is 9.45. The molecule has 0 aromatic heterocycles. The zero-order chi connectivity index (χ0) is 25.0. The predicted molar refractivity (Wildman–Crippen MR) is 132 cm³/mol. The minimum atomic E-state index is -0.720. The van der Waals surface area contributed by atoms with Gasteiger partial charge in [0.2, 0.25) is 5.91 Å². The number of nitrogens with one attached hydrogen (secondary N) is 1. The first kappa shape index (κ1) is 26.3. The van der Waals surface area contributed by atoms with Crippen molar-refractivity contribution < 1.29 is 19.1 Å². The number of urea groups is 1. The van der Waals surface area contributed by atoms with Crippen molar-refractivity contribution in [1.29, 1.82) is 0 Å². The number of carbonyl (C=O) groups excluding carboxylic acids is 3. The Morgan fingerprint density at radius 1 is 1.12 bits per heavy atom. The molecule has 1 atom stereocenters. The fourth-order valence-corrected chi connectivity index (χ4v) is 4.61. The molecule has 1 aromatic rings. The maximum absolute atomic E-state index is 13.2. The van der Waals surface area contributed by atoms with Crippen LogP contribution in [0.15, 0.2) is 29.5 Å². The molecule has 1 fully saturated rings. The maximum Gasteiger partial charge on any atom is 0.338 e. The van der Waals surface area contributed by atoms with Crippen LogP contribution in [0.2, 0.25) is 10.0 Å². The van der Waals surface area contributed by atoms with E-state index in [4.69, 9.17) is 27.9 Å². The van der Waals surface area contributed by atoms with Crippen molar-refractivity contribution in [2.24, 2.45) is 5.92 Å². The number of nitrogens with zero attached hydrogens (tertiary/aromatic N) is 3. The average molecular weight is 511 g/mol. The van der Waals surface area contributed by atoms with Gasteiger partial charge >= 0.3 is 12.0 Å². The highest BCUT2D eigenvalue weighted by Gasteiger charge is 2.38. The van der Waals surface area contributed by atoms with Crippen molar-refractivity contribution in [1.82, 2.24) is 20.0 Å². The van der Waals surface area contributed by atoms with E-state index in [9.17, 15) is 14.4 Å². The number of hydrogen-bond donors (Lipinski definition) is 1. The number of carbonyl (C=O) groups is 3. The van der Waals surface area contributed by atoms with Crippen molar-refractivity contribution in [3.8, 4) is 0 Å². The van der Waals surface area contributed by atoms with E-state index in [1.165, 1.54) is 0 Å². The molecule has 2 aliphatic heterocycles. The Kier molecular flexibility index (Phi) is 8.84. The Hall–Kier alpha value is -2.29. The number of hydrogen-bond acceptors (Lipinski definition) is 5. The lowest BCUT2D eigenvalue weighted by Gasteiger charge is -2.40. The van der Waals surface area contributed by atoms with Crippen LogP contribution in [0.4, 0.5) is 4.79 Å². The van der Waals surface area contributed by atoms with Crippen LogP contribution in [-0.2, 0) is 14.3 Å². The van der Waals surface area contributed by atoms with Gasteiger partial charge in [-0.15, -0.1) is 0 Å². The van der Waals surface area contributed by atoms with Crippen molar-refractivity contribution >= 4 is 41.1 Å². The van der Waals surface area contributed by atoms with E-state index in [0.717, 1.165) is 0 Å². The van der Waals surface area contributed by atoms with Crippen molar-refractivity contribution in [2.75, 3.05) is 45.9 Å². The van der Waals surface area contributed by atoms with Gasteiger partial charge in [0.1, 0.15) is 0 Å². The van der Waals surface area contributed by atoms with Gasteiger partial charge in [-0.05, 0) is 31.5 Å². The Labute approximate surface area is 210 Å². The molecule has 0 bridgehead atoms. The zero-order valence-electron chi connectivity index (χ0n) is 20.1. The molecule has 1 N–H and O–H groups in total. The molecule has 3 amide bonds. The molecule has 0 saturated carbocycles. The van der Waals surface area contributed by atoms with E-state index in [1.54, 1.807) is 30.0 Å². The first-order valence-corrected chi connectivity index (χ1v) is 12.4. The number of amides is 3. The van der Waals surface area contributed by atoms with Gasteiger partial charge in [-0.2, -0.15) is 0 Å². The molecule has 3 rings (SSSR count). The topological polar surface area (TPSA) is 82.2 Å². The Bertz CT molecular complexity index is 974. The summed E-state index contributed by atoms with van der Waals surface area (Å²) in [6.45, 7) is 10.9. The van der Waals surface area contributed by atoms with E-state index in [2.05, 4.69) is 10.2 Å². The van der Waals surface area contributed by atoms with Gasteiger partial charge in [0.15, 0.2) is 0 Å². The lowest BCUT2D eigenvalue weighted by Crippen LogP contribution is -2.54. The van der Waals surface area contributed by atoms with E-state index < -0.39 is 12.0 Å². The van der Waals surface area contributed by atoms with E-state index >= 15 is 0 Å². The molecule has 0 spiro atoms. The summed E-state index contributed by atoms with van der Waals surface area (Å²) in [7, 11) is 0. The number of esters is 1. The van der Waals surface area contributed by atoms with E-state index in [-0.39, 0.29) is 24.5 Å². The minimum Gasteiger partial charge on any atom is -0.463 e. The number of benzene rings is 1. The van der Waals surface area contributed by atoms with Gasteiger partial charge < -0.3 is 15.0 Å². The molecule has 1 unspecified atom stereocenters. The highest BCUT2D eigenvalue weighted by atomic mass is 35.5. The summed E-state index contributed by atoms with van der Waals surface area (Å²) in [5.74, 6) is -0.395. The summed E-state index contributed by atoms with van der Waals surface area (Å²) >= 11 is 12.3. The lowest BCUT2D eigenvalue weighted by molar-refractivity contribution is -0.139. The predicted octanol–water partition coefficient (Wildman–Crippen LogP) is 3.70. The monoisotopic (exact) mass is 510 g/mol. The first-order valence-electron chi connectivity index (χ1n) is 11.6. The molecule has 10 heteroatoms. The highest BCUT2D eigenvalue weighted by Crippen LogP contribution is 2.34. The Morgan fingerprint density at radius 3 is 2.35 bits per heavy atom. The number of piperazine rings is 1. The summed E-state index contributed by atoms with van der Waals surface area (Å²) < 4.78 is 5.40. The van der Waals surface area contributed by atoms with Crippen molar-refractivity contribution in [2.45, 2.75) is 33.7 Å². The Morgan fingerprint density at radius 2 is 1.79 bits per heavy atom. The standard InChI is InChI=1S/C24H32Cl2N4O4/c1-5-30-19(14-28-9-11-29(12-10-28)22(31)15(3)4)20(23(32)34-6-2)21(27-24(30)33)16-7-8-17(25)18(26)13-16/h7-8,13,15,21H,5-6,9-12,14H2,1-4H3,(H,27,33). The molecule has 1 saturated heterocycles. The maximum atomic E-state index is 13.2. The third-order valence-corrected chi connectivity index (χ3v) is 6.82. The van der Waals surface area contributed by atoms with Crippen LogP contribution in [0.5, 0.6) is 0 Å². The summed E-state index contributed by atoms with van der Waals surface area (Å²) in [6.07, 6.45) is 0. The quantitative estimate of drug-likeness (QED) is 0.565. The van der Waals surface area contributed by atoms with E-state index in [1.807, 2.05) is 25.7 Å². The molecule has 2 heterocycles. The number of likely N-dealkylation sites (N-methyl/N-ethyl adjacent to an activating group) is 1. The third kappa shape index (κ3) is 5.67. The smallest absolute Gasteiger partial charge is 0.338 e. The van der Waals surface area contributed by atoms with Crippen LogP contribution in [-0.4, -0.2) is 78.5 Å². The van der Waals surface area contributed by atoms with Crippen LogP contribution in [0, 0.1) is 5.92 Å². The molecular formula is C24H32Cl2N4O4. The van der Waals surface area contributed by atoms with Gasteiger partial charge in [-0.3, -0.25) is 14.6 Å². The Balaban J connectivity index is 1.97. The zero-order valence-corrected chi connectivity index (χ0v) is 21.6. The van der Waals surface area contributed by atoms with Crippen LogP contribution < -0.4 is 5.32 Å². The second kappa shape index (κ2) is 11.4. The van der Waals surface area contributed by atoms with Gasteiger partial charge in [0, 0.05) is 50.9 Å². The van der Waals surface area contributed by atoms with Gasteiger partial charge in [0.25, 0.3) is 0 Å². The first-order chi connectivity index (χ1) is 16.2. The largest absolute Gasteiger partial charge is 0.463 e. The molecule has 8 nitrogen and oxygen atoms in total. The molecule has 2 aliphatic rings. The van der Waals surface area contributed by atoms with Gasteiger partial charge in [-0.25, -0.2) is 9.59 Å². The number of rotatable bonds is 7. The molecule has 186 valence electrons. The lowest BCUT2D eigenvalue weighted by atomic mass is 9.94. The van der Waals surface area contributed by atoms with Crippen LogP contribution in [0.25, 0.3) is 0 Å². The third-order valence-electron chi connectivity index (χ3n) is 6.08. The van der Waals surface area contributed by atoms with Crippen molar-refractivity contribution in [3.63, 3.8) is 0 Å². The average Bonchev–Trinajstić information content (AvgIpc) is 2.80. The summed E-state index contributed by atoms with van der Waals surface area (Å²) in [6, 6.07) is 4.03. The molecular weight excluding hydrogens is 479 g/mol. The van der Waals surface area contributed by atoms with Crippen LogP contribution >= 0.6 is 23.2 Å². The summed E-state index contributed by atoms with van der Waals surface area (Å²) in [5.41, 5.74) is 1.62. The summed E-state index contributed by atoms with van der Waals surface area (Å²) in [4.78, 5) is 44.2. The SMILES string of the molecule is CCOC(=O)C1=C(CN2CCN(C(=O)C(C)C)CC2)N(CC)C(=O)NC1c1ccc(Cl)c(Cl)c1. The normalized spacial score (nSPS) is 19.5. The van der Waals surface area contributed by atoms with Gasteiger partial charge in [-0.1, -0.05) is 43.1 Å². The number of ether oxygens (including phenoxy) is 1. The molecule has 1 aromatic carbocycles. The van der Waals surface area contributed by atoms with E-state index in [0.29, 0.717) is 66.1 Å². The molecule has 0 radical (unpaired) electrons. The van der Waals surface area contributed by atoms with Crippen LogP contribution in [0.1, 0.15) is 39.3 Å². The fourth-order valence-electron chi connectivity index (χ4n) is 4.30. The molecule has 34 heavy (non-hydrogen) atoms. The second-order valence-electron chi connectivity index (χ2n) is 8.64. The fraction of sp³-hybridized carbons (Fsp3) is 0.542. The van der Waals surface area contributed by atoms with Crippen LogP contribution in [0.3, 0.4) is 0 Å². The summed E-state index contributed by atoms with van der Waals surface area (Å²) in [5, 5.41) is 3.65. The van der Waals surface area contributed by atoms with Gasteiger partial charge in [0.05, 0.1) is 28.3 Å². The highest BCUT2D eigenvalue weighted by molar-refractivity contribution is 6.42. The number of halogens is 2. The van der Waals surface area contributed by atoms with Crippen molar-refractivity contribution in [3.05, 3.63) is 45.1 Å². The minimum absolute atomic E-state index is 0.0470. The molecule has 0 aliphatic carbocycles.